The van der Waals surface area contributed by atoms with Crippen LogP contribution in [0, 0.1) is 6.92 Å². The van der Waals surface area contributed by atoms with Crippen LogP contribution in [0.4, 0.5) is 0 Å². The van der Waals surface area contributed by atoms with Gasteiger partial charge in [0.15, 0.2) is 11.5 Å². The van der Waals surface area contributed by atoms with E-state index in [0.717, 1.165) is 17.9 Å². The average molecular weight is 369 g/mol. The molecule has 4 heteroatoms. The van der Waals surface area contributed by atoms with Gasteiger partial charge in [-0.1, -0.05) is 35.9 Å². The maximum Gasteiger partial charge on any atom is 0.161 e. The quantitative estimate of drug-likeness (QED) is 0.708. The molecule has 0 saturated carbocycles. The molecule has 0 aliphatic carbocycles. The van der Waals surface area contributed by atoms with Crippen molar-refractivity contribution in [3.05, 3.63) is 59.2 Å². The summed E-state index contributed by atoms with van der Waals surface area (Å²) in [6.07, 6.45) is 2.24. The second-order valence-electron chi connectivity index (χ2n) is 7.51. The standard InChI is InChI=1S/C23H32N2O2/c1-19-6-4-7-21(16-19)18-27-23-17-20(9-10-22(23)26-3)8-5-11-25-14-12-24(2)13-15-25/h4,6-7,9-10,16-17H,5,8,11-15,18H2,1-3H3. The zero-order chi connectivity index (χ0) is 19.1. The first kappa shape index (κ1) is 19.7. The summed E-state index contributed by atoms with van der Waals surface area (Å²) < 4.78 is 11.6. The van der Waals surface area contributed by atoms with Crippen molar-refractivity contribution < 1.29 is 9.47 Å². The van der Waals surface area contributed by atoms with Crippen LogP contribution in [0.25, 0.3) is 0 Å². The van der Waals surface area contributed by atoms with Crippen molar-refractivity contribution in [1.82, 2.24) is 9.80 Å². The van der Waals surface area contributed by atoms with Gasteiger partial charge < -0.3 is 19.3 Å². The fraction of sp³-hybridized carbons (Fsp3) is 0.478. The molecule has 0 unspecified atom stereocenters. The summed E-state index contributed by atoms with van der Waals surface area (Å²) in [5.41, 5.74) is 3.74. The monoisotopic (exact) mass is 368 g/mol. The van der Waals surface area contributed by atoms with Crippen LogP contribution in [0.3, 0.4) is 0 Å². The van der Waals surface area contributed by atoms with E-state index in [1.165, 1.54) is 55.8 Å². The molecule has 2 aromatic rings. The van der Waals surface area contributed by atoms with Crippen LogP contribution in [0.15, 0.2) is 42.5 Å². The Bertz CT molecular complexity index is 724. The third kappa shape index (κ3) is 5.98. The first-order chi connectivity index (χ1) is 13.1. The summed E-state index contributed by atoms with van der Waals surface area (Å²) in [4.78, 5) is 4.97. The molecule has 1 aliphatic rings. The Hall–Kier alpha value is -2.04. The predicted octanol–water partition coefficient (Wildman–Crippen LogP) is 3.76. The zero-order valence-electron chi connectivity index (χ0n) is 16.9. The number of piperazine rings is 1. The number of benzene rings is 2. The minimum Gasteiger partial charge on any atom is -0.493 e. The van der Waals surface area contributed by atoms with Crippen LogP contribution in [-0.2, 0) is 13.0 Å². The number of hydrogen-bond acceptors (Lipinski definition) is 4. The normalized spacial score (nSPS) is 15.7. The molecular weight excluding hydrogens is 336 g/mol. The van der Waals surface area contributed by atoms with E-state index in [2.05, 4.69) is 60.2 Å². The first-order valence-electron chi connectivity index (χ1n) is 9.90. The molecule has 0 N–H and O–H groups in total. The summed E-state index contributed by atoms with van der Waals surface area (Å²) >= 11 is 0. The number of rotatable bonds is 8. The summed E-state index contributed by atoms with van der Waals surface area (Å²) in [6, 6.07) is 14.7. The molecular formula is C23H32N2O2. The molecule has 0 bridgehead atoms. The molecule has 27 heavy (non-hydrogen) atoms. The number of aryl methyl sites for hydroxylation is 2. The maximum atomic E-state index is 6.08. The van der Waals surface area contributed by atoms with Crippen LogP contribution in [0.2, 0.25) is 0 Å². The Balaban J connectivity index is 1.54. The van der Waals surface area contributed by atoms with Crippen LogP contribution in [0.5, 0.6) is 11.5 Å². The summed E-state index contributed by atoms with van der Waals surface area (Å²) in [6.45, 7) is 8.56. The highest BCUT2D eigenvalue weighted by Gasteiger charge is 2.13. The van der Waals surface area contributed by atoms with Gasteiger partial charge in [0.05, 0.1) is 7.11 Å². The predicted molar refractivity (Wildman–Crippen MR) is 111 cm³/mol. The fourth-order valence-corrected chi connectivity index (χ4v) is 3.53. The zero-order valence-corrected chi connectivity index (χ0v) is 16.9. The van der Waals surface area contributed by atoms with E-state index in [1.807, 2.05) is 6.07 Å². The number of hydrogen-bond donors (Lipinski definition) is 0. The minimum absolute atomic E-state index is 0.558. The second kappa shape index (κ2) is 9.77. The minimum atomic E-state index is 0.558. The number of nitrogens with zero attached hydrogens (tertiary/aromatic N) is 2. The summed E-state index contributed by atoms with van der Waals surface area (Å²) in [5, 5.41) is 0. The lowest BCUT2D eigenvalue weighted by atomic mass is 10.1. The van der Waals surface area contributed by atoms with Crippen LogP contribution in [0.1, 0.15) is 23.1 Å². The molecule has 1 aliphatic heterocycles. The SMILES string of the molecule is COc1ccc(CCCN2CCN(C)CC2)cc1OCc1cccc(C)c1. The summed E-state index contributed by atoms with van der Waals surface area (Å²) in [5.74, 6) is 1.63. The molecule has 0 aromatic heterocycles. The Morgan fingerprint density at radius 3 is 2.48 bits per heavy atom. The van der Waals surface area contributed by atoms with Gasteiger partial charge >= 0.3 is 0 Å². The van der Waals surface area contributed by atoms with Crippen molar-refractivity contribution in [3.63, 3.8) is 0 Å². The third-order valence-electron chi connectivity index (χ3n) is 5.24. The average Bonchev–Trinajstić information content (AvgIpc) is 2.68. The number of likely N-dealkylation sites (N-methyl/N-ethyl adjacent to an activating group) is 1. The highest BCUT2D eigenvalue weighted by molar-refractivity contribution is 5.43. The smallest absolute Gasteiger partial charge is 0.161 e. The second-order valence-corrected chi connectivity index (χ2v) is 7.51. The van der Waals surface area contributed by atoms with Crippen molar-refractivity contribution in [2.24, 2.45) is 0 Å². The van der Waals surface area contributed by atoms with Crippen molar-refractivity contribution in [3.8, 4) is 11.5 Å². The first-order valence-corrected chi connectivity index (χ1v) is 9.90. The van der Waals surface area contributed by atoms with E-state index >= 15 is 0 Å². The largest absolute Gasteiger partial charge is 0.493 e. The molecule has 3 rings (SSSR count). The molecule has 4 nitrogen and oxygen atoms in total. The Morgan fingerprint density at radius 1 is 0.926 bits per heavy atom. The van der Waals surface area contributed by atoms with Crippen molar-refractivity contribution >= 4 is 0 Å². The van der Waals surface area contributed by atoms with Gasteiger partial charge in [-0.3, -0.25) is 0 Å². The fourth-order valence-electron chi connectivity index (χ4n) is 3.53. The Morgan fingerprint density at radius 2 is 1.74 bits per heavy atom. The van der Waals surface area contributed by atoms with E-state index < -0.39 is 0 Å². The molecule has 0 amide bonds. The van der Waals surface area contributed by atoms with Gasteiger partial charge in [-0.15, -0.1) is 0 Å². The van der Waals surface area contributed by atoms with Gasteiger partial charge in [-0.05, 0) is 56.6 Å². The lowest BCUT2D eigenvalue weighted by Gasteiger charge is -2.32. The lowest BCUT2D eigenvalue weighted by molar-refractivity contribution is 0.153. The van der Waals surface area contributed by atoms with Crippen molar-refractivity contribution in [1.29, 1.82) is 0 Å². The van der Waals surface area contributed by atoms with E-state index in [0.29, 0.717) is 6.61 Å². The highest BCUT2D eigenvalue weighted by Crippen LogP contribution is 2.29. The Labute approximate surface area is 163 Å². The van der Waals surface area contributed by atoms with E-state index in [9.17, 15) is 0 Å². The molecule has 1 heterocycles. The van der Waals surface area contributed by atoms with Gasteiger partial charge in [0.25, 0.3) is 0 Å². The van der Waals surface area contributed by atoms with Crippen LogP contribution < -0.4 is 9.47 Å². The van der Waals surface area contributed by atoms with Gasteiger partial charge in [-0.2, -0.15) is 0 Å². The van der Waals surface area contributed by atoms with Crippen LogP contribution >= 0.6 is 0 Å². The molecule has 0 atom stereocenters. The maximum absolute atomic E-state index is 6.08. The van der Waals surface area contributed by atoms with Gasteiger partial charge in [0, 0.05) is 26.2 Å². The number of ether oxygens (including phenoxy) is 2. The molecule has 1 saturated heterocycles. The molecule has 2 aromatic carbocycles. The van der Waals surface area contributed by atoms with E-state index in [-0.39, 0.29) is 0 Å². The summed E-state index contributed by atoms with van der Waals surface area (Å²) in [7, 11) is 3.90. The van der Waals surface area contributed by atoms with Crippen molar-refractivity contribution in [2.45, 2.75) is 26.4 Å². The number of methoxy groups -OCH3 is 1. The van der Waals surface area contributed by atoms with Gasteiger partial charge in [0.1, 0.15) is 6.61 Å². The lowest BCUT2D eigenvalue weighted by Crippen LogP contribution is -2.44. The van der Waals surface area contributed by atoms with E-state index in [1.54, 1.807) is 7.11 Å². The van der Waals surface area contributed by atoms with Gasteiger partial charge in [0.2, 0.25) is 0 Å². The Kier molecular flexibility index (Phi) is 7.13. The third-order valence-corrected chi connectivity index (χ3v) is 5.24. The topological polar surface area (TPSA) is 24.9 Å². The molecule has 0 spiro atoms. The molecule has 1 fully saturated rings. The molecule has 0 radical (unpaired) electrons. The molecule has 146 valence electrons. The van der Waals surface area contributed by atoms with Gasteiger partial charge in [-0.25, -0.2) is 0 Å². The highest BCUT2D eigenvalue weighted by atomic mass is 16.5. The van der Waals surface area contributed by atoms with E-state index in [4.69, 9.17) is 9.47 Å². The van der Waals surface area contributed by atoms with Crippen molar-refractivity contribution in [2.75, 3.05) is 46.9 Å². The van der Waals surface area contributed by atoms with Crippen LogP contribution in [-0.4, -0.2) is 56.7 Å².